The number of hydrogen-bond acceptors (Lipinski definition) is 3. The zero-order valence-electron chi connectivity index (χ0n) is 10.8. The van der Waals surface area contributed by atoms with Gasteiger partial charge in [-0.15, -0.1) is 0 Å². The van der Waals surface area contributed by atoms with Crippen LogP contribution in [0.3, 0.4) is 0 Å². The van der Waals surface area contributed by atoms with E-state index in [0.717, 1.165) is 24.8 Å². The molecule has 3 rings (SSSR count). The number of halogens is 1. The van der Waals surface area contributed by atoms with E-state index in [1.165, 1.54) is 25.8 Å². The SMILES string of the molecule is Cn1c(Cl)cnc1CN1CC2CCCC(N)C2C1. The van der Waals surface area contributed by atoms with Crippen LogP contribution in [0.5, 0.6) is 0 Å². The minimum Gasteiger partial charge on any atom is -0.327 e. The normalized spacial score (nSPS) is 32.7. The van der Waals surface area contributed by atoms with E-state index in [4.69, 9.17) is 17.3 Å². The Hall–Kier alpha value is -0.580. The first kappa shape index (κ1) is 12.5. The Morgan fingerprint density at radius 1 is 1.44 bits per heavy atom. The number of imidazole rings is 1. The third-order valence-electron chi connectivity index (χ3n) is 4.62. The second kappa shape index (κ2) is 4.83. The van der Waals surface area contributed by atoms with Gasteiger partial charge in [-0.1, -0.05) is 18.0 Å². The summed E-state index contributed by atoms with van der Waals surface area (Å²) in [6, 6.07) is 0.402. The van der Waals surface area contributed by atoms with Crippen molar-refractivity contribution in [1.82, 2.24) is 14.5 Å². The standard InChI is InChI=1S/C13H21ClN4/c1-17-12(14)5-16-13(17)8-18-6-9-3-2-4-11(15)10(9)7-18/h5,9-11H,2-4,6-8,15H2,1H3. The van der Waals surface area contributed by atoms with Crippen LogP contribution in [0.1, 0.15) is 25.1 Å². The van der Waals surface area contributed by atoms with E-state index in [1.807, 2.05) is 11.6 Å². The van der Waals surface area contributed by atoms with Crippen molar-refractivity contribution in [3.63, 3.8) is 0 Å². The van der Waals surface area contributed by atoms with Crippen LogP contribution in [0.25, 0.3) is 0 Å². The van der Waals surface area contributed by atoms with Crippen molar-refractivity contribution in [1.29, 1.82) is 0 Å². The Labute approximate surface area is 113 Å². The Bertz CT molecular complexity index is 431. The van der Waals surface area contributed by atoms with Crippen molar-refractivity contribution in [2.45, 2.75) is 31.8 Å². The van der Waals surface area contributed by atoms with Crippen LogP contribution in [0, 0.1) is 11.8 Å². The molecule has 0 radical (unpaired) electrons. The first-order chi connectivity index (χ1) is 8.65. The largest absolute Gasteiger partial charge is 0.327 e. The molecule has 4 nitrogen and oxygen atoms in total. The van der Waals surface area contributed by atoms with Crippen molar-refractivity contribution < 1.29 is 0 Å². The van der Waals surface area contributed by atoms with E-state index in [9.17, 15) is 0 Å². The Kier molecular flexibility index (Phi) is 3.34. The predicted molar refractivity (Wildman–Crippen MR) is 72.3 cm³/mol. The number of fused-ring (bicyclic) bond motifs is 1. The van der Waals surface area contributed by atoms with Gasteiger partial charge in [-0.25, -0.2) is 4.98 Å². The highest BCUT2D eigenvalue weighted by Crippen LogP contribution is 2.35. The van der Waals surface area contributed by atoms with Crippen molar-refractivity contribution in [3.8, 4) is 0 Å². The Morgan fingerprint density at radius 3 is 2.94 bits per heavy atom. The van der Waals surface area contributed by atoms with Crippen molar-refractivity contribution in [2.75, 3.05) is 13.1 Å². The van der Waals surface area contributed by atoms with E-state index < -0.39 is 0 Å². The molecule has 1 aromatic rings. The zero-order chi connectivity index (χ0) is 12.7. The highest BCUT2D eigenvalue weighted by molar-refractivity contribution is 6.29. The van der Waals surface area contributed by atoms with Gasteiger partial charge in [0, 0.05) is 26.2 Å². The van der Waals surface area contributed by atoms with Gasteiger partial charge in [0.25, 0.3) is 0 Å². The molecule has 2 heterocycles. The minimum absolute atomic E-state index is 0.402. The van der Waals surface area contributed by atoms with Crippen LogP contribution in [0.4, 0.5) is 0 Å². The Balaban J connectivity index is 1.67. The van der Waals surface area contributed by atoms with Crippen LogP contribution in [-0.2, 0) is 13.6 Å². The van der Waals surface area contributed by atoms with Gasteiger partial charge in [-0.2, -0.15) is 0 Å². The van der Waals surface area contributed by atoms with E-state index in [0.29, 0.717) is 17.1 Å². The van der Waals surface area contributed by atoms with Gasteiger partial charge in [-0.05, 0) is 24.7 Å². The molecule has 1 aliphatic carbocycles. The molecule has 1 aromatic heterocycles. The molecule has 0 spiro atoms. The molecular formula is C13H21ClN4. The van der Waals surface area contributed by atoms with Crippen LogP contribution < -0.4 is 5.73 Å². The molecule has 18 heavy (non-hydrogen) atoms. The number of hydrogen-bond donors (Lipinski definition) is 1. The molecule has 3 unspecified atom stereocenters. The average Bonchev–Trinajstić information content (AvgIpc) is 2.89. The molecule has 2 aliphatic rings. The molecule has 1 saturated carbocycles. The molecule has 100 valence electrons. The smallest absolute Gasteiger partial charge is 0.128 e. The summed E-state index contributed by atoms with van der Waals surface area (Å²) in [6.07, 6.45) is 5.57. The maximum Gasteiger partial charge on any atom is 0.128 e. The molecule has 1 saturated heterocycles. The van der Waals surface area contributed by atoms with E-state index in [-0.39, 0.29) is 0 Å². The van der Waals surface area contributed by atoms with Crippen LogP contribution in [0.2, 0.25) is 5.15 Å². The van der Waals surface area contributed by atoms with Gasteiger partial charge in [0.05, 0.1) is 12.7 Å². The van der Waals surface area contributed by atoms with E-state index in [2.05, 4.69) is 9.88 Å². The van der Waals surface area contributed by atoms with Crippen LogP contribution in [-0.4, -0.2) is 33.6 Å². The lowest BCUT2D eigenvalue weighted by Gasteiger charge is -2.29. The summed E-state index contributed by atoms with van der Waals surface area (Å²) >= 11 is 6.02. The number of likely N-dealkylation sites (tertiary alicyclic amines) is 1. The third kappa shape index (κ3) is 2.17. The topological polar surface area (TPSA) is 47.1 Å². The summed E-state index contributed by atoms with van der Waals surface area (Å²) in [6.45, 7) is 3.18. The molecule has 0 bridgehead atoms. The van der Waals surface area contributed by atoms with Gasteiger partial charge >= 0.3 is 0 Å². The summed E-state index contributed by atoms with van der Waals surface area (Å²) in [5, 5.41) is 0.707. The quantitative estimate of drug-likeness (QED) is 0.887. The van der Waals surface area contributed by atoms with E-state index >= 15 is 0 Å². The van der Waals surface area contributed by atoms with Gasteiger partial charge in [0.1, 0.15) is 11.0 Å². The fraction of sp³-hybridized carbons (Fsp3) is 0.769. The van der Waals surface area contributed by atoms with Crippen LogP contribution >= 0.6 is 11.6 Å². The number of nitrogens with zero attached hydrogens (tertiary/aromatic N) is 3. The minimum atomic E-state index is 0.402. The lowest BCUT2D eigenvalue weighted by Crippen LogP contribution is -2.38. The van der Waals surface area contributed by atoms with Crippen molar-refractivity contribution >= 4 is 11.6 Å². The monoisotopic (exact) mass is 268 g/mol. The number of nitrogens with two attached hydrogens (primary N) is 1. The molecule has 2 fully saturated rings. The molecule has 0 aromatic carbocycles. The molecule has 0 amide bonds. The van der Waals surface area contributed by atoms with Gasteiger partial charge < -0.3 is 10.3 Å². The number of aromatic nitrogens is 2. The fourth-order valence-electron chi connectivity index (χ4n) is 3.51. The van der Waals surface area contributed by atoms with Gasteiger partial charge in [0.2, 0.25) is 0 Å². The maximum atomic E-state index is 6.24. The highest BCUT2D eigenvalue weighted by atomic mass is 35.5. The van der Waals surface area contributed by atoms with Gasteiger partial charge in [0.15, 0.2) is 0 Å². The molecule has 5 heteroatoms. The third-order valence-corrected chi connectivity index (χ3v) is 4.97. The molecule has 3 atom stereocenters. The summed E-state index contributed by atoms with van der Waals surface area (Å²) < 4.78 is 1.96. The summed E-state index contributed by atoms with van der Waals surface area (Å²) in [5.74, 6) is 2.53. The predicted octanol–water partition coefficient (Wildman–Crippen LogP) is 1.63. The summed E-state index contributed by atoms with van der Waals surface area (Å²) in [5.41, 5.74) is 6.24. The summed E-state index contributed by atoms with van der Waals surface area (Å²) in [4.78, 5) is 6.86. The maximum absolute atomic E-state index is 6.24. The first-order valence-corrected chi connectivity index (χ1v) is 7.17. The average molecular weight is 269 g/mol. The molecule has 2 N–H and O–H groups in total. The number of rotatable bonds is 2. The second-order valence-electron chi connectivity index (χ2n) is 5.77. The lowest BCUT2D eigenvalue weighted by atomic mass is 9.78. The van der Waals surface area contributed by atoms with Crippen molar-refractivity contribution in [3.05, 3.63) is 17.2 Å². The molecular weight excluding hydrogens is 248 g/mol. The van der Waals surface area contributed by atoms with E-state index in [1.54, 1.807) is 6.20 Å². The van der Waals surface area contributed by atoms with Crippen molar-refractivity contribution in [2.24, 2.45) is 24.6 Å². The summed E-state index contributed by atoms with van der Waals surface area (Å²) in [7, 11) is 1.97. The zero-order valence-corrected chi connectivity index (χ0v) is 11.6. The molecule has 1 aliphatic heterocycles. The highest BCUT2D eigenvalue weighted by Gasteiger charge is 2.38. The Morgan fingerprint density at radius 2 is 2.28 bits per heavy atom. The lowest BCUT2D eigenvalue weighted by molar-refractivity contribution is 0.259. The van der Waals surface area contributed by atoms with Gasteiger partial charge in [-0.3, -0.25) is 4.90 Å². The first-order valence-electron chi connectivity index (χ1n) is 6.79. The fourth-order valence-corrected chi connectivity index (χ4v) is 3.66. The second-order valence-corrected chi connectivity index (χ2v) is 6.16. The van der Waals surface area contributed by atoms with Crippen LogP contribution in [0.15, 0.2) is 6.20 Å².